The normalized spacial score (nSPS) is 28.6. The van der Waals surface area contributed by atoms with Gasteiger partial charge in [0.05, 0.1) is 11.8 Å². The quantitative estimate of drug-likeness (QED) is 0.857. The van der Waals surface area contributed by atoms with Gasteiger partial charge in [0, 0.05) is 31.4 Å². The molecule has 18 heavy (non-hydrogen) atoms. The third kappa shape index (κ3) is 3.12. The van der Waals surface area contributed by atoms with Crippen LogP contribution in [0.15, 0.2) is 6.20 Å². The third-order valence-corrected chi connectivity index (χ3v) is 4.31. The Kier molecular flexibility index (Phi) is 4.07. The first-order valence-electron chi connectivity index (χ1n) is 6.91. The molecule has 0 bridgehead atoms. The number of aryl methyl sites for hydroxylation is 1. The van der Waals surface area contributed by atoms with Crippen LogP contribution in [0.5, 0.6) is 0 Å². The van der Waals surface area contributed by atoms with E-state index in [1.165, 1.54) is 11.3 Å². The summed E-state index contributed by atoms with van der Waals surface area (Å²) < 4.78 is 1.88. The van der Waals surface area contributed by atoms with Crippen molar-refractivity contribution in [2.45, 2.75) is 51.7 Å². The summed E-state index contributed by atoms with van der Waals surface area (Å²) in [5.41, 5.74) is 1.90. The van der Waals surface area contributed by atoms with Crippen molar-refractivity contribution in [3.05, 3.63) is 17.5 Å². The van der Waals surface area contributed by atoms with E-state index < -0.39 is 5.60 Å². The first-order chi connectivity index (χ1) is 8.50. The largest absolute Gasteiger partial charge is 0.389 e. The maximum absolute atomic E-state index is 10.5. The fourth-order valence-electron chi connectivity index (χ4n) is 2.62. The predicted molar refractivity (Wildman–Crippen MR) is 72.2 cm³/mol. The van der Waals surface area contributed by atoms with Crippen LogP contribution >= 0.6 is 0 Å². The summed E-state index contributed by atoms with van der Waals surface area (Å²) in [6.45, 7) is 5.82. The van der Waals surface area contributed by atoms with Crippen molar-refractivity contribution in [1.82, 2.24) is 15.1 Å². The molecule has 1 fully saturated rings. The summed E-state index contributed by atoms with van der Waals surface area (Å²) >= 11 is 0. The number of hydrogen-bond acceptors (Lipinski definition) is 3. The molecule has 1 saturated carbocycles. The van der Waals surface area contributed by atoms with Gasteiger partial charge in [0.15, 0.2) is 0 Å². The van der Waals surface area contributed by atoms with E-state index in [1.54, 1.807) is 0 Å². The van der Waals surface area contributed by atoms with Gasteiger partial charge in [-0.3, -0.25) is 4.68 Å². The van der Waals surface area contributed by atoms with Gasteiger partial charge < -0.3 is 10.4 Å². The van der Waals surface area contributed by atoms with Gasteiger partial charge in [-0.25, -0.2) is 0 Å². The van der Waals surface area contributed by atoms with E-state index in [0.717, 1.165) is 38.1 Å². The number of aliphatic hydroxyl groups is 1. The minimum atomic E-state index is -0.497. The molecule has 0 aromatic carbocycles. The number of nitrogens with zero attached hydrogens (tertiary/aromatic N) is 2. The van der Waals surface area contributed by atoms with Crippen molar-refractivity contribution in [1.29, 1.82) is 0 Å². The standard InChI is InChI=1S/C14H25N3O/c1-11-4-6-14(18,7-5-11)10-15-8-13-9-16-17(3)12(13)2/h9,11,15,18H,4-8,10H2,1-3H3. The second kappa shape index (κ2) is 5.41. The summed E-state index contributed by atoms with van der Waals surface area (Å²) in [7, 11) is 1.95. The Labute approximate surface area is 109 Å². The van der Waals surface area contributed by atoms with Crippen LogP contribution in [-0.2, 0) is 13.6 Å². The number of rotatable bonds is 4. The average molecular weight is 251 g/mol. The van der Waals surface area contributed by atoms with Crippen LogP contribution < -0.4 is 5.32 Å². The Balaban J connectivity index is 1.80. The molecule has 0 radical (unpaired) electrons. The number of aromatic nitrogens is 2. The Morgan fingerprint density at radius 2 is 2.17 bits per heavy atom. The molecule has 0 atom stereocenters. The summed E-state index contributed by atoms with van der Waals surface area (Å²) in [6, 6.07) is 0. The zero-order valence-electron chi connectivity index (χ0n) is 11.7. The smallest absolute Gasteiger partial charge is 0.0771 e. The minimum Gasteiger partial charge on any atom is -0.389 e. The van der Waals surface area contributed by atoms with Crippen LogP contribution in [0.1, 0.15) is 43.9 Å². The molecule has 102 valence electrons. The molecule has 0 aliphatic heterocycles. The summed E-state index contributed by atoms with van der Waals surface area (Å²) in [5.74, 6) is 0.769. The lowest BCUT2D eigenvalue weighted by atomic mass is 9.79. The Morgan fingerprint density at radius 1 is 1.50 bits per heavy atom. The topological polar surface area (TPSA) is 50.1 Å². The van der Waals surface area contributed by atoms with Gasteiger partial charge in [0.1, 0.15) is 0 Å². The molecule has 1 aliphatic rings. The first-order valence-corrected chi connectivity index (χ1v) is 6.91. The van der Waals surface area contributed by atoms with E-state index in [-0.39, 0.29) is 0 Å². The molecule has 4 heteroatoms. The van der Waals surface area contributed by atoms with E-state index in [2.05, 4.69) is 24.3 Å². The highest BCUT2D eigenvalue weighted by atomic mass is 16.3. The Hall–Kier alpha value is -0.870. The van der Waals surface area contributed by atoms with Crippen LogP contribution in [0, 0.1) is 12.8 Å². The summed E-state index contributed by atoms with van der Waals surface area (Å²) in [4.78, 5) is 0. The van der Waals surface area contributed by atoms with Crippen LogP contribution in [0.25, 0.3) is 0 Å². The van der Waals surface area contributed by atoms with Gasteiger partial charge in [-0.1, -0.05) is 6.92 Å². The molecule has 2 rings (SSSR count). The van der Waals surface area contributed by atoms with Crippen molar-refractivity contribution in [3.8, 4) is 0 Å². The molecule has 0 unspecified atom stereocenters. The van der Waals surface area contributed by atoms with Crippen molar-refractivity contribution < 1.29 is 5.11 Å². The van der Waals surface area contributed by atoms with E-state index in [9.17, 15) is 5.11 Å². The number of hydrogen-bond donors (Lipinski definition) is 2. The van der Waals surface area contributed by atoms with Crippen molar-refractivity contribution >= 4 is 0 Å². The SMILES string of the molecule is Cc1c(CNCC2(O)CCC(C)CC2)cnn1C. The highest BCUT2D eigenvalue weighted by Crippen LogP contribution is 2.31. The second-order valence-corrected chi connectivity index (χ2v) is 5.89. The Bertz CT molecular complexity index is 392. The fraction of sp³-hybridized carbons (Fsp3) is 0.786. The lowest BCUT2D eigenvalue weighted by Gasteiger charge is -2.35. The number of nitrogens with one attached hydrogen (secondary N) is 1. The molecule has 1 heterocycles. The van der Waals surface area contributed by atoms with Crippen LogP contribution in [0.2, 0.25) is 0 Å². The minimum absolute atomic E-state index is 0.497. The molecule has 0 saturated heterocycles. The molecular weight excluding hydrogens is 226 g/mol. The highest BCUT2D eigenvalue weighted by molar-refractivity contribution is 5.15. The second-order valence-electron chi connectivity index (χ2n) is 5.89. The fourth-order valence-corrected chi connectivity index (χ4v) is 2.62. The van der Waals surface area contributed by atoms with Gasteiger partial charge in [-0.15, -0.1) is 0 Å². The van der Waals surface area contributed by atoms with E-state index in [1.807, 2.05) is 17.9 Å². The molecule has 0 spiro atoms. The van der Waals surface area contributed by atoms with Crippen LogP contribution in [-0.4, -0.2) is 27.0 Å². The predicted octanol–water partition coefficient (Wildman–Crippen LogP) is 1.76. The maximum Gasteiger partial charge on any atom is 0.0771 e. The third-order valence-electron chi connectivity index (χ3n) is 4.31. The molecule has 1 aliphatic carbocycles. The summed E-state index contributed by atoms with van der Waals surface area (Å²) in [6.07, 6.45) is 6.03. The van der Waals surface area contributed by atoms with Crippen molar-refractivity contribution in [2.24, 2.45) is 13.0 Å². The molecule has 2 N–H and O–H groups in total. The van der Waals surface area contributed by atoms with Gasteiger partial charge in [0.25, 0.3) is 0 Å². The lowest BCUT2D eigenvalue weighted by Crippen LogP contribution is -2.43. The summed E-state index contributed by atoms with van der Waals surface area (Å²) in [5, 5.41) is 18.1. The van der Waals surface area contributed by atoms with Gasteiger partial charge >= 0.3 is 0 Å². The zero-order chi connectivity index (χ0) is 13.2. The first kappa shape index (κ1) is 13.6. The zero-order valence-corrected chi connectivity index (χ0v) is 11.7. The molecule has 4 nitrogen and oxygen atoms in total. The Morgan fingerprint density at radius 3 is 2.72 bits per heavy atom. The van der Waals surface area contributed by atoms with E-state index in [4.69, 9.17) is 0 Å². The van der Waals surface area contributed by atoms with E-state index >= 15 is 0 Å². The van der Waals surface area contributed by atoms with Crippen LogP contribution in [0.3, 0.4) is 0 Å². The average Bonchev–Trinajstić information content (AvgIpc) is 2.65. The molecular formula is C14H25N3O. The molecule has 1 aromatic rings. The highest BCUT2D eigenvalue weighted by Gasteiger charge is 2.31. The lowest BCUT2D eigenvalue weighted by molar-refractivity contribution is -0.00631. The van der Waals surface area contributed by atoms with Gasteiger partial charge in [0.2, 0.25) is 0 Å². The van der Waals surface area contributed by atoms with E-state index in [0.29, 0.717) is 6.54 Å². The van der Waals surface area contributed by atoms with Gasteiger partial charge in [-0.2, -0.15) is 5.10 Å². The molecule has 0 amide bonds. The monoisotopic (exact) mass is 251 g/mol. The maximum atomic E-state index is 10.5. The molecule has 1 aromatic heterocycles. The van der Waals surface area contributed by atoms with Gasteiger partial charge in [-0.05, 0) is 38.5 Å². The van der Waals surface area contributed by atoms with Crippen molar-refractivity contribution in [2.75, 3.05) is 6.54 Å². The van der Waals surface area contributed by atoms with Crippen LogP contribution in [0.4, 0.5) is 0 Å². The van der Waals surface area contributed by atoms with Crippen molar-refractivity contribution in [3.63, 3.8) is 0 Å².